The number of ether oxygens (including phenoxy) is 3. The second-order valence-corrected chi connectivity index (χ2v) is 15.7. The van der Waals surface area contributed by atoms with Gasteiger partial charge in [0, 0.05) is 19.3 Å². The van der Waals surface area contributed by atoms with Gasteiger partial charge in [0.1, 0.15) is 13.2 Å². The van der Waals surface area contributed by atoms with Crippen LogP contribution in [0.1, 0.15) is 258 Å². The van der Waals surface area contributed by atoms with Crippen LogP contribution in [0.2, 0.25) is 0 Å². The Balaban J connectivity index is 4.28. The van der Waals surface area contributed by atoms with Gasteiger partial charge < -0.3 is 14.2 Å². The summed E-state index contributed by atoms with van der Waals surface area (Å²) in [5, 5.41) is 0. The van der Waals surface area contributed by atoms with Gasteiger partial charge in [0.15, 0.2) is 6.10 Å². The fourth-order valence-electron chi connectivity index (χ4n) is 6.85. The van der Waals surface area contributed by atoms with Crippen molar-refractivity contribution in [3.8, 4) is 0 Å². The quantitative estimate of drug-likeness (QED) is 0.0353. The average Bonchev–Trinajstić information content (AvgIpc) is 3.14. The molecule has 0 radical (unpaired) electrons. The van der Waals surface area contributed by atoms with Crippen LogP contribution in [-0.4, -0.2) is 37.2 Å². The van der Waals surface area contributed by atoms with Gasteiger partial charge in [-0.05, 0) is 19.3 Å². The van der Waals surface area contributed by atoms with Crippen molar-refractivity contribution in [3.05, 3.63) is 0 Å². The van der Waals surface area contributed by atoms with Crippen LogP contribution in [0.15, 0.2) is 0 Å². The third-order valence-electron chi connectivity index (χ3n) is 10.4. The summed E-state index contributed by atoms with van der Waals surface area (Å²) in [7, 11) is 0. The lowest BCUT2D eigenvalue weighted by atomic mass is 10.0. The molecule has 0 heterocycles. The van der Waals surface area contributed by atoms with Gasteiger partial charge >= 0.3 is 17.9 Å². The Morgan fingerprint density at radius 3 is 0.769 bits per heavy atom. The van der Waals surface area contributed by atoms with Gasteiger partial charge in [-0.2, -0.15) is 0 Å². The maximum absolute atomic E-state index is 12.7. The van der Waals surface area contributed by atoms with Gasteiger partial charge in [0.25, 0.3) is 0 Å². The van der Waals surface area contributed by atoms with E-state index in [4.69, 9.17) is 14.2 Å². The molecule has 0 aliphatic carbocycles. The van der Waals surface area contributed by atoms with E-state index in [9.17, 15) is 14.4 Å². The number of hydrogen-bond acceptors (Lipinski definition) is 6. The topological polar surface area (TPSA) is 78.9 Å². The van der Waals surface area contributed by atoms with Crippen LogP contribution in [0.25, 0.3) is 0 Å². The molecule has 308 valence electrons. The molecule has 0 spiro atoms. The second kappa shape index (κ2) is 42.2. The molecule has 0 saturated heterocycles. The molecule has 0 aromatic carbocycles. The van der Waals surface area contributed by atoms with E-state index < -0.39 is 6.10 Å². The van der Waals surface area contributed by atoms with Crippen molar-refractivity contribution in [3.63, 3.8) is 0 Å². The first-order valence-electron chi connectivity index (χ1n) is 23.0. The molecular weight excluding hydrogens is 648 g/mol. The Bertz CT molecular complexity index is 768. The van der Waals surface area contributed by atoms with Gasteiger partial charge in [-0.1, -0.05) is 220 Å². The molecule has 52 heavy (non-hydrogen) atoms. The molecule has 0 aliphatic heterocycles. The lowest BCUT2D eigenvalue weighted by molar-refractivity contribution is -0.167. The Morgan fingerprint density at radius 1 is 0.308 bits per heavy atom. The van der Waals surface area contributed by atoms with E-state index in [1.54, 1.807) is 0 Å². The van der Waals surface area contributed by atoms with E-state index in [1.807, 2.05) is 0 Å². The zero-order valence-corrected chi connectivity index (χ0v) is 35.1. The SMILES string of the molecule is CCCCCCCCCCCCCCCCC(=O)OC[C@H](COC(=O)CCCCCCCCCCCCC)OC(=O)CCCCCCCCCCC. The first kappa shape index (κ1) is 50.4. The molecular formula is C46H88O6. The molecule has 6 heteroatoms. The number of unbranched alkanes of at least 4 members (excludes halogenated alkanes) is 31. The first-order valence-corrected chi connectivity index (χ1v) is 23.0. The Kier molecular flexibility index (Phi) is 40.9. The van der Waals surface area contributed by atoms with Crippen molar-refractivity contribution < 1.29 is 28.6 Å². The first-order chi connectivity index (χ1) is 25.5. The van der Waals surface area contributed by atoms with E-state index in [-0.39, 0.29) is 31.1 Å². The molecule has 0 aromatic rings. The number of carbonyl (C=O) groups excluding carboxylic acids is 3. The number of rotatable bonds is 42. The highest BCUT2D eigenvalue weighted by molar-refractivity contribution is 5.71. The van der Waals surface area contributed by atoms with Crippen LogP contribution in [0.4, 0.5) is 0 Å². The Hall–Kier alpha value is -1.59. The van der Waals surface area contributed by atoms with Crippen LogP contribution in [0.5, 0.6) is 0 Å². The van der Waals surface area contributed by atoms with Crippen molar-refractivity contribution in [1.82, 2.24) is 0 Å². The summed E-state index contributed by atoms with van der Waals surface area (Å²) in [6.07, 6.45) is 42.2. The maximum Gasteiger partial charge on any atom is 0.306 e. The van der Waals surface area contributed by atoms with E-state index >= 15 is 0 Å². The van der Waals surface area contributed by atoms with Crippen LogP contribution in [0, 0.1) is 0 Å². The number of carbonyl (C=O) groups is 3. The van der Waals surface area contributed by atoms with Gasteiger partial charge in [-0.25, -0.2) is 0 Å². The van der Waals surface area contributed by atoms with Crippen LogP contribution in [-0.2, 0) is 28.6 Å². The second-order valence-electron chi connectivity index (χ2n) is 15.7. The van der Waals surface area contributed by atoms with Crippen molar-refractivity contribution in [2.75, 3.05) is 13.2 Å². The third-order valence-corrected chi connectivity index (χ3v) is 10.4. The van der Waals surface area contributed by atoms with E-state index in [2.05, 4.69) is 20.8 Å². The molecule has 0 aliphatic rings. The van der Waals surface area contributed by atoms with E-state index in [0.717, 1.165) is 57.8 Å². The summed E-state index contributed by atoms with van der Waals surface area (Å²) in [5.41, 5.74) is 0. The lowest BCUT2D eigenvalue weighted by Gasteiger charge is -2.18. The molecule has 0 rings (SSSR count). The van der Waals surface area contributed by atoms with Crippen LogP contribution in [0.3, 0.4) is 0 Å². The van der Waals surface area contributed by atoms with Gasteiger partial charge in [0.2, 0.25) is 0 Å². The highest BCUT2D eigenvalue weighted by atomic mass is 16.6. The molecule has 0 aromatic heterocycles. The minimum absolute atomic E-state index is 0.0628. The van der Waals surface area contributed by atoms with Crippen molar-refractivity contribution in [2.24, 2.45) is 0 Å². The lowest BCUT2D eigenvalue weighted by Crippen LogP contribution is -2.30. The fraction of sp³-hybridized carbons (Fsp3) is 0.935. The summed E-state index contributed by atoms with van der Waals surface area (Å²) < 4.78 is 16.7. The van der Waals surface area contributed by atoms with Crippen molar-refractivity contribution in [2.45, 2.75) is 264 Å². The largest absolute Gasteiger partial charge is 0.462 e. The standard InChI is InChI=1S/C46H88O6/c1-4-7-10-13-16-19-21-22-23-25-28-30-33-36-39-45(48)51-42-43(52-46(49)40-37-34-31-26-18-15-12-9-6-3)41-50-44(47)38-35-32-29-27-24-20-17-14-11-8-5-2/h43H,4-42H2,1-3H3/t43-/m0/s1. The third kappa shape index (κ3) is 39.6. The molecule has 0 bridgehead atoms. The van der Waals surface area contributed by atoms with Crippen LogP contribution >= 0.6 is 0 Å². The fourth-order valence-corrected chi connectivity index (χ4v) is 6.85. The van der Waals surface area contributed by atoms with Gasteiger partial charge in [-0.3, -0.25) is 14.4 Å². The summed E-state index contributed by atoms with van der Waals surface area (Å²) in [6.45, 7) is 6.63. The smallest absolute Gasteiger partial charge is 0.306 e. The predicted octanol–water partition coefficient (Wildman–Crippen LogP) is 14.5. The minimum atomic E-state index is -0.757. The van der Waals surface area contributed by atoms with Gasteiger partial charge in [-0.15, -0.1) is 0 Å². The zero-order valence-electron chi connectivity index (χ0n) is 35.1. The van der Waals surface area contributed by atoms with E-state index in [0.29, 0.717) is 19.3 Å². The summed E-state index contributed by atoms with van der Waals surface area (Å²) in [4.78, 5) is 37.6. The highest BCUT2D eigenvalue weighted by Crippen LogP contribution is 2.16. The Labute approximate surface area is 323 Å². The zero-order chi connectivity index (χ0) is 38.0. The summed E-state index contributed by atoms with van der Waals surface area (Å²) in [6, 6.07) is 0. The number of esters is 3. The van der Waals surface area contributed by atoms with E-state index in [1.165, 1.54) is 161 Å². The van der Waals surface area contributed by atoms with Crippen molar-refractivity contribution >= 4 is 17.9 Å². The molecule has 1 atom stereocenters. The molecule has 6 nitrogen and oxygen atoms in total. The van der Waals surface area contributed by atoms with Crippen LogP contribution < -0.4 is 0 Å². The minimum Gasteiger partial charge on any atom is -0.462 e. The molecule has 0 fully saturated rings. The molecule has 0 saturated carbocycles. The Morgan fingerprint density at radius 2 is 0.519 bits per heavy atom. The average molecular weight is 737 g/mol. The molecule has 0 unspecified atom stereocenters. The highest BCUT2D eigenvalue weighted by Gasteiger charge is 2.19. The maximum atomic E-state index is 12.7. The summed E-state index contributed by atoms with van der Waals surface area (Å²) in [5.74, 6) is -0.853. The van der Waals surface area contributed by atoms with Gasteiger partial charge in [0.05, 0.1) is 0 Å². The number of hydrogen-bond donors (Lipinski definition) is 0. The monoisotopic (exact) mass is 737 g/mol. The molecule has 0 amide bonds. The normalized spacial score (nSPS) is 11.8. The predicted molar refractivity (Wildman–Crippen MR) is 220 cm³/mol. The molecule has 0 N–H and O–H groups in total. The van der Waals surface area contributed by atoms with Crippen molar-refractivity contribution in [1.29, 1.82) is 0 Å². The summed E-state index contributed by atoms with van der Waals surface area (Å²) >= 11 is 0.